The third-order valence-corrected chi connectivity index (χ3v) is 2.01. The Hall–Kier alpha value is -1.42. The fourth-order valence-electron chi connectivity index (χ4n) is 1.11. The van der Waals surface area contributed by atoms with Gasteiger partial charge in [0.25, 0.3) is 0 Å². The number of hydrogen-bond acceptors (Lipinski definition) is 3. The Labute approximate surface area is 82.2 Å². The number of nitrogens with zero attached hydrogens (tertiary/aromatic N) is 1. The summed E-state index contributed by atoms with van der Waals surface area (Å²) in [6.07, 6.45) is 2.07. The quantitative estimate of drug-likeness (QED) is 0.746. The highest BCUT2D eigenvalue weighted by Crippen LogP contribution is 2.08. The van der Waals surface area contributed by atoms with E-state index in [0.717, 1.165) is 5.56 Å². The van der Waals surface area contributed by atoms with Crippen LogP contribution in [0.5, 0.6) is 0 Å². The van der Waals surface area contributed by atoms with Crippen LogP contribution in [0, 0.1) is 5.92 Å². The predicted molar refractivity (Wildman–Crippen MR) is 50.7 cm³/mol. The summed E-state index contributed by atoms with van der Waals surface area (Å²) in [4.78, 5) is 14.5. The highest BCUT2D eigenvalue weighted by molar-refractivity contribution is 5.69. The summed E-state index contributed by atoms with van der Waals surface area (Å²) < 4.78 is 0. The minimum atomic E-state index is -0.809. The minimum Gasteiger partial charge on any atom is -0.481 e. The molecule has 4 nitrogen and oxygen atoms in total. The van der Waals surface area contributed by atoms with Gasteiger partial charge in [-0.25, -0.2) is 0 Å². The van der Waals surface area contributed by atoms with Crippen LogP contribution in [0.1, 0.15) is 18.2 Å². The van der Waals surface area contributed by atoms with Crippen LogP contribution in [0.25, 0.3) is 0 Å². The summed E-state index contributed by atoms with van der Waals surface area (Å²) in [5.74, 6) is -1.21. The first-order valence-corrected chi connectivity index (χ1v) is 4.41. The zero-order chi connectivity index (χ0) is 10.6. The first-order chi connectivity index (χ1) is 6.63. The van der Waals surface area contributed by atoms with Crippen LogP contribution in [0.4, 0.5) is 0 Å². The van der Waals surface area contributed by atoms with Crippen molar-refractivity contribution in [3.8, 4) is 0 Å². The van der Waals surface area contributed by atoms with Crippen molar-refractivity contribution in [1.82, 2.24) is 4.98 Å². The second-order valence-electron chi connectivity index (χ2n) is 3.26. The van der Waals surface area contributed by atoms with E-state index < -0.39 is 11.9 Å². The van der Waals surface area contributed by atoms with Crippen molar-refractivity contribution in [2.45, 2.75) is 20.0 Å². The Morgan fingerprint density at radius 2 is 2.29 bits per heavy atom. The molecule has 14 heavy (non-hydrogen) atoms. The van der Waals surface area contributed by atoms with E-state index in [-0.39, 0.29) is 6.61 Å². The van der Waals surface area contributed by atoms with Gasteiger partial charge in [-0.05, 0) is 18.1 Å². The Morgan fingerprint density at radius 1 is 1.57 bits per heavy atom. The molecule has 1 aromatic heterocycles. The van der Waals surface area contributed by atoms with Gasteiger partial charge >= 0.3 is 5.97 Å². The minimum absolute atomic E-state index is 0.0885. The van der Waals surface area contributed by atoms with Crippen molar-refractivity contribution in [2.75, 3.05) is 0 Å². The second-order valence-corrected chi connectivity index (χ2v) is 3.26. The van der Waals surface area contributed by atoms with E-state index in [0.29, 0.717) is 12.1 Å². The first kappa shape index (κ1) is 10.7. The normalized spacial score (nSPS) is 12.4. The highest BCUT2D eigenvalue weighted by Gasteiger charge is 2.11. The molecule has 0 saturated heterocycles. The number of carbonyl (C=O) groups is 1. The van der Waals surface area contributed by atoms with Gasteiger partial charge in [-0.15, -0.1) is 0 Å². The van der Waals surface area contributed by atoms with Crippen LogP contribution in [0.15, 0.2) is 18.3 Å². The van der Waals surface area contributed by atoms with Gasteiger partial charge in [-0.2, -0.15) is 0 Å². The molecule has 0 saturated carbocycles. The molecule has 0 aromatic carbocycles. The van der Waals surface area contributed by atoms with Crippen molar-refractivity contribution in [2.24, 2.45) is 5.92 Å². The van der Waals surface area contributed by atoms with Crippen LogP contribution in [-0.4, -0.2) is 21.2 Å². The molecule has 0 amide bonds. The SMILES string of the molecule is CC(Cc1ccc(CO)nc1)C(=O)O. The Morgan fingerprint density at radius 3 is 2.71 bits per heavy atom. The maximum absolute atomic E-state index is 10.6. The molecule has 2 N–H and O–H groups in total. The monoisotopic (exact) mass is 195 g/mol. The van der Waals surface area contributed by atoms with Crippen LogP contribution >= 0.6 is 0 Å². The van der Waals surface area contributed by atoms with Crippen LogP contribution in [-0.2, 0) is 17.8 Å². The summed E-state index contributed by atoms with van der Waals surface area (Å²) >= 11 is 0. The predicted octanol–water partition coefficient (Wildman–Crippen LogP) is 0.837. The number of aliphatic carboxylic acids is 1. The number of carboxylic acid groups (broad SMARTS) is 1. The molecule has 0 fully saturated rings. The number of aliphatic hydroxyl groups is 1. The number of hydrogen-bond donors (Lipinski definition) is 2. The van der Waals surface area contributed by atoms with E-state index in [2.05, 4.69) is 4.98 Å². The summed E-state index contributed by atoms with van der Waals surface area (Å²) in [5, 5.41) is 17.4. The standard InChI is InChI=1S/C10H13NO3/c1-7(10(13)14)4-8-2-3-9(6-12)11-5-8/h2-3,5,7,12H,4,6H2,1H3,(H,13,14). The van der Waals surface area contributed by atoms with Crippen molar-refractivity contribution in [3.63, 3.8) is 0 Å². The van der Waals surface area contributed by atoms with Crippen LogP contribution in [0.3, 0.4) is 0 Å². The second kappa shape index (κ2) is 4.72. The van der Waals surface area contributed by atoms with E-state index in [1.54, 1.807) is 25.3 Å². The largest absolute Gasteiger partial charge is 0.481 e. The Kier molecular flexibility index (Phi) is 3.59. The molecule has 1 unspecified atom stereocenters. The highest BCUT2D eigenvalue weighted by atomic mass is 16.4. The van der Waals surface area contributed by atoms with Gasteiger partial charge in [0, 0.05) is 6.20 Å². The van der Waals surface area contributed by atoms with Gasteiger partial charge in [0.2, 0.25) is 0 Å². The van der Waals surface area contributed by atoms with Crippen molar-refractivity contribution in [1.29, 1.82) is 0 Å². The molecular weight excluding hydrogens is 182 g/mol. The lowest BCUT2D eigenvalue weighted by molar-refractivity contribution is -0.141. The van der Waals surface area contributed by atoms with E-state index in [4.69, 9.17) is 10.2 Å². The number of rotatable bonds is 4. The van der Waals surface area contributed by atoms with Crippen LogP contribution in [0.2, 0.25) is 0 Å². The Balaban J connectivity index is 2.64. The van der Waals surface area contributed by atoms with Crippen molar-refractivity contribution in [3.05, 3.63) is 29.6 Å². The molecule has 1 aromatic rings. The summed E-state index contributed by atoms with van der Waals surface area (Å²) in [6.45, 7) is 1.57. The Bertz CT molecular complexity index is 308. The molecule has 0 aliphatic rings. The average molecular weight is 195 g/mol. The molecular formula is C10H13NO3. The lowest BCUT2D eigenvalue weighted by Gasteiger charge is -2.05. The van der Waals surface area contributed by atoms with E-state index in [9.17, 15) is 4.79 Å². The molecule has 0 aliphatic heterocycles. The zero-order valence-electron chi connectivity index (χ0n) is 7.97. The van der Waals surface area contributed by atoms with Gasteiger partial charge in [-0.1, -0.05) is 13.0 Å². The fourth-order valence-corrected chi connectivity index (χ4v) is 1.11. The third kappa shape index (κ3) is 2.81. The lowest BCUT2D eigenvalue weighted by atomic mass is 10.0. The fraction of sp³-hybridized carbons (Fsp3) is 0.400. The van der Waals surface area contributed by atoms with Gasteiger partial charge in [0.05, 0.1) is 18.2 Å². The van der Waals surface area contributed by atoms with E-state index in [1.807, 2.05) is 0 Å². The first-order valence-electron chi connectivity index (χ1n) is 4.41. The van der Waals surface area contributed by atoms with E-state index >= 15 is 0 Å². The van der Waals surface area contributed by atoms with Gasteiger partial charge in [0.1, 0.15) is 0 Å². The smallest absolute Gasteiger partial charge is 0.306 e. The number of pyridine rings is 1. The molecule has 4 heteroatoms. The molecule has 0 spiro atoms. The molecule has 1 heterocycles. The van der Waals surface area contributed by atoms with Gasteiger partial charge in [-0.3, -0.25) is 9.78 Å². The third-order valence-electron chi connectivity index (χ3n) is 2.01. The van der Waals surface area contributed by atoms with Gasteiger partial charge < -0.3 is 10.2 Å². The maximum Gasteiger partial charge on any atom is 0.306 e. The summed E-state index contributed by atoms with van der Waals surface area (Å²) in [7, 11) is 0. The number of aromatic nitrogens is 1. The van der Waals surface area contributed by atoms with E-state index in [1.165, 1.54) is 0 Å². The summed E-state index contributed by atoms with van der Waals surface area (Å²) in [6, 6.07) is 3.49. The molecule has 0 aliphatic carbocycles. The van der Waals surface area contributed by atoms with Gasteiger partial charge in [0.15, 0.2) is 0 Å². The average Bonchev–Trinajstić information content (AvgIpc) is 2.19. The molecule has 0 bridgehead atoms. The molecule has 76 valence electrons. The summed E-state index contributed by atoms with van der Waals surface area (Å²) in [5.41, 5.74) is 1.47. The topological polar surface area (TPSA) is 70.4 Å². The molecule has 1 rings (SSSR count). The van der Waals surface area contributed by atoms with Crippen molar-refractivity contribution >= 4 is 5.97 Å². The number of carboxylic acids is 1. The zero-order valence-corrected chi connectivity index (χ0v) is 7.97. The lowest BCUT2D eigenvalue weighted by Crippen LogP contribution is -2.12. The molecule has 1 atom stereocenters. The molecule has 0 radical (unpaired) electrons. The van der Waals surface area contributed by atoms with Crippen molar-refractivity contribution < 1.29 is 15.0 Å². The van der Waals surface area contributed by atoms with Crippen LogP contribution < -0.4 is 0 Å². The number of aliphatic hydroxyl groups excluding tert-OH is 1. The maximum atomic E-state index is 10.6.